The lowest BCUT2D eigenvalue weighted by molar-refractivity contribution is 0.577. The quantitative estimate of drug-likeness (QED) is 0.899. The van der Waals surface area contributed by atoms with Crippen LogP contribution in [0.3, 0.4) is 0 Å². The maximum absolute atomic E-state index is 5.87. The normalized spacial score (nSPS) is 12.6. The number of nitrogens with zero attached hydrogens (tertiary/aromatic N) is 2. The third-order valence-electron chi connectivity index (χ3n) is 2.99. The van der Waals surface area contributed by atoms with Crippen molar-refractivity contribution in [3.63, 3.8) is 0 Å². The summed E-state index contributed by atoms with van der Waals surface area (Å²) in [6.45, 7) is 3.10. The van der Waals surface area contributed by atoms with Crippen molar-refractivity contribution in [2.45, 2.75) is 19.4 Å². The van der Waals surface area contributed by atoms with Gasteiger partial charge in [-0.25, -0.2) is 0 Å². The van der Waals surface area contributed by atoms with Crippen LogP contribution in [0.4, 0.5) is 0 Å². The van der Waals surface area contributed by atoms with Crippen molar-refractivity contribution in [2.24, 2.45) is 7.05 Å². The minimum absolute atomic E-state index is 0.332. The number of halogens is 1. The molecule has 2 rings (SSSR count). The van der Waals surface area contributed by atoms with Crippen LogP contribution in [0.5, 0.6) is 0 Å². The second-order valence-electron chi connectivity index (χ2n) is 4.50. The first-order chi connectivity index (χ1) is 8.65. The second-order valence-corrected chi connectivity index (χ2v) is 4.94. The van der Waals surface area contributed by atoms with E-state index in [1.165, 1.54) is 11.1 Å². The molecule has 0 unspecified atom stereocenters. The minimum Gasteiger partial charge on any atom is -0.310 e. The Morgan fingerprint density at radius 2 is 2.06 bits per heavy atom. The molecule has 0 fully saturated rings. The third kappa shape index (κ3) is 3.59. The van der Waals surface area contributed by atoms with Crippen LogP contribution in [0.2, 0.25) is 5.02 Å². The number of nitrogens with one attached hydrogen (secondary N) is 1. The van der Waals surface area contributed by atoms with E-state index in [0.717, 1.165) is 18.0 Å². The molecule has 4 heteroatoms. The lowest BCUT2D eigenvalue weighted by Crippen LogP contribution is -2.21. The molecule has 96 valence electrons. The predicted octanol–water partition coefficient (Wildman–Crippen LogP) is 2.97. The Morgan fingerprint density at radius 1 is 1.33 bits per heavy atom. The molecule has 1 N–H and O–H groups in total. The molecule has 0 aliphatic carbocycles. The molecular weight excluding hydrogens is 246 g/mol. The summed E-state index contributed by atoms with van der Waals surface area (Å²) in [5, 5.41) is 8.43. The summed E-state index contributed by atoms with van der Waals surface area (Å²) in [7, 11) is 1.94. The Kier molecular flexibility index (Phi) is 4.39. The Morgan fingerprint density at radius 3 is 2.67 bits per heavy atom. The molecule has 0 saturated carbocycles. The van der Waals surface area contributed by atoms with Crippen LogP contribution in [-0.2, 0) is 13.5 Å². The molecule has 1 heterocycles. The molecule has 0 bridgehead atoms. The summed E-state index contributed by atoms with van der Waals surface area (Å²) in [5.41, 5.74) is 2.51. The highest BCUT2D eigenvalue weighted by Crippen LogP contribution is 2.15. The molecular formula is C14H18ClN3. The van der Waals surface area contributed by atoms with Crippen LogP contribution < -0.4 is 5.32 Å². The summed E-state index contributed by atoms with van der Waals surface area (Å²) < 4.78 is 1.83. The molecule has 18 heavy (non-hydrogen) atoms. The van der Waals surface area contributed by atoms with Crippen molar-refractivity contribution in [2.75, 3.05) is 6.54 Å². The maximum Gasteiger partial charge on any atom is 0.0522 e. The lowest BCUT2D eigenvalue weighted by atomic mass is 10.1. The summed E-state index contributed by atoms with van der Waals surface area (Å²) in [6, 6.07) is 8.31. The van der Waals surface area contributed by atoms with Gasteiger partial charge in [0.2, 0.25) is 0 Å². The maximum atomic E-state index is 5.87. The van der Waals surface area contributed by atoms with E-state index in [2.05, 4.69) is 35.7 Å². The number of benzene rings is 1. The van der Waals surface area contributed by atoms with Crippen molar-refractivity contribution in [1.82, 2.24) is 15.1 Å². The zero-order chi connectivity index (χ0) is 13.0. The first-order valence-electron chi connectivity index (χ1n) is 6.11. The van der Waals surface area contributed by atoms with Crippen molar-refractivity contribution >= 4 is 11.6 Å². The fourth-order valence-electron chi connectivity index (χ4n) is 1.90. The van der Waals surface area contributed by atoms with Gasteiger partial charge >= 0.3 is 0 Å². The number of aromatic nitrogens is 2. The van der Waals surface area contributed by atoms with Crippen molar-refractivity contribution in [1.29, 1.82) is 0 Å². The van der Waals surface area contributed by atoms with Gasteiger partial charge in [-0.2, -0.15) is 5.10 Å². The van der Waals surface area contributed by atoms with Crippen LogP contribution in [0.15, 0.2) is 36.7 Å². The fourth-order valence-corrected chi connectivity index (χ4v) is 2.03. The number of hydrogen-bond acceptors (Lipinski definition) is 2. The summed E-state index contributed by atoms with van der Waals surface area (Å²) >= 11 is 5.87. The summed E-state index contributed by atoms with van der Waals surface area (Å²) in [4.78, 5) is 0. The molecule has 0 amide bonds. The molecule has 3 nitrogen and oxygen atoms in total. The molecule has 0 aliphatic rings. The highest BCUT2D eigenvalue weighted by Gasteiger charge is 2.04. The van der Waals surface area contributed by atoms with Gasteiger partial charge in [0.15, 0.2) is 0 Å². The lowest BCUT2D eigenvalue weighted by Gasteiger charge is -2.13. The van der Waals surface area contributed by atoms with E-state index in [1.54, 1.807) is 0 Å². The van der Waals surface area contributed by atoms with Gasteiger partial charge in [-0.3, -0.25) is 4.68 Å². The molecule has 0 aliphatic heterocycles. The SMILES string of the molecule is C[C@@H](NCCc1cnn(C)c1)c1ccc(Cl)cc1. The zero-order valence-electron chi connectivity index (χ0n) is 10.7. The Labute approximate surface area is 113 Å². The monoisotopic (exact) mass is 263 g/mol. The van der Waals surface area contributed by atoms with E-state index >= 15 is 0 Å². The molecule has 2 aromatic rings. The number of hydrogen-bond donors (Lipinski definition) is 1. The third-order valence-corrected chi connectivity index (χ3v) is 3.24. The Hall–Kier alpha value is -1.32. The van der Waals surface area contributed by atoms with Gasteiger partial charge in [0, 0.05) is 24.3 Å². The van der Waals surface area contributed by atoms with E-state index in [0.29, 0.717) is 6.04 Å². The van der Waals surface area contributed by atoms with E-state index in [4.69, 9.17) is 11.6 Å². The molecule has 0 radical (unpaired) electrons. The molecule has 1 aromatic heterocycles. The van der Waals surface area contributed by atoms with Crippen LogP contribution >= 0.6 is 11.6 Å². The Balaban J connectivity index is 1.81. The Bertz CT molecular complexity index is 490. The van der Waals surface area contributed by atoms with E-state index in [-0.39, 0.29) is 0 Å². The average molecular weight is 264 g/mol. The molecule has 1 atom stereocenters. The van der Waals surface area contributed by atoms with Crippen LogP contribution in [0.1, 0.15) is 24.1 Å². The highest BCUT2D eigenvalue weighted by atomic mass is 35.5. The van der Waals surface area contributed by atoms with Crippen molar-refractivity contribution < 1.29 is 0 Å². The van der Waals surface area contributed by atoms with Crippen molar-refractivity contribution in [3.8, 4) is 0 Å². The van der Waals surface area contributed by atoms with Gasteiger partial charge in [0.25, 0.3) is 0 Å². The van der Waals surface area contributed by atoms with E-state index < -0.39 is 0 Å². The largest absolute Gasteiger partial charge is 0.310 e. The van der Waals surface area contributed by atoms with Crippen LogP contribution in [0, 0.1) is 0 Å². The standard InChI is InChI=1S/C14H18ClN3/c1-11(13-3-5-14(15)6-4-13)16-8-7-12-9-17-18(2)10-12/h3-6,9-11,16H,7-8H2,1-2H3/t11-/m1/s1. The van der Waals surface area contributed by atoms with Crippen LogP contribution in [-0.4, -0.2) is 16.3 Å². The van der Waals surface area contributed by atoms with E-state index in [1.807, 2.05) is 30.1 Å². The van der Waals surface area contributed by atoms with Crippen LogP contribution in [0.25, 0.3) is 0 Å². The number of aryl methyl sites for hydroxylation is 1. The van der Waals surface area contributed by atoms with Gasteiger partial charge in [-0.05, 0) is 43.1 Å². The molecule has 0 saturated heterocycles. The zero-order valence-corrected chi connectivity index (χ0v) is 11.5. The summed E-state index contributed by atoms with van der Waals surface area (Å²) in [5.74, 6) is 0. The molecule has 1 aromatic carbocycles. The van der Waals surface area contributed by atoms with Gasteiger partial charge < -0.3 is 5.32 Å². The smallest absolute Gasteiger partial charge is 0.0522 e. The van der Waals surface area contributed by atoms with Gasteiger partial charge in [-0.15, -0.1) is 0 Å². The van der Waals surface area contributed by atoms with E-state index in [9.17, 15) is 0 Å². The summed E-state index contributed by atoms with van der Waals surface area (Å²) in [6.07, 6.45) is 4.95. The number of rotatable bonds is 5. The topological polar surface area (TPSA) is 29.9 Å². The first-order valence-corrected chi connectivity index (χ1v) is 6.49. The van der Waals surface area contributed by atoms with Gasteiger partial charge in [0.05, 0.1) is 6.20 Å². The average Bonchev–Trinajstić information content (AvgIpc) is 2.76. The second kappa shape index (κ2) is 6.03. The van der Waals surface area contributed by atoms with Gasteiger partial charge in [-0.1, -0.05) is 23.7 Å². The first kappa shape index (κ1) is 13.1. The van der Waals surface area contributed by atoms with Gasteiger partial charge in [0.1, 0.15) is 0 Å². The molecule has 0 spiro atoms. The predicted molar refractivity (Wildman–Crippen MR) is 74.8 cm³/mol. The highest BCUT2D eigenvalue weighted by molar-refractivity contribution is 6.30. The fraction of sp³-hybridized carbons (Fsp3) is 0.357. The van der Waals surface area contributed by atoms with Crippen molar-refractivity contribution in [3.05, 3.63) is 52.8 Å². The minimum atomic E-state index is 0.332.